The van der Waals surface area contributed by atoms with Crippen LogP contribution >= 0.6 is 0 Å². The molecule has 3 rings (SSSR count). The van der Waals surface area contributed by atoms with E-state index in [-0.39, 0.29) is 12.5 Å². The molecule has 0 aliphatic rings. The Labute approximate surface area is 153 Å². The highest BCUT2D eigenvalue weighted by molar-refractivity contribution is 6.24. The van der Waals surface area contributed by atoms with E-state index in [1.54, 1.807) is 24.3 Å². The van der Waals surface area contributed by atoms with Gasteiger partial charge < -0.3 is 0 Å². The lowest BCUT2D eigenvalue weighted by Crippen LogP contribution is -2.36. The predicted molar refractivity (Wildman–Crippen MR) is 103 cm³/mol. The summed E-state index contributed by atoms with van der Waals surface area (Å²) in [7, 11) is 0. The minimum Gasteiger partial charge on any atom is -0.270 e. The summed E-state index contributed by atoms with van der Waals surface area (Å²) in [5.41, 5.74) is 2.35. The SMILES string of the molecule is C=C(C(=O)N(Cc1ccccc1)C(=O)c1ccccc1)c1ccccc1. The normalized spacial score (nSPS) is 10.2. The predicted octanol–water partition coefficient (Wildman–Crippen LogP) is 4.57. The molecule has 0 unspecified atom stereocenters. The summed E-state index contributed by atoms with van der Waals surface area (Å²) in [4.78, 5) is 27.3. The van der Waals surface area contributed by atoms with Crippen molar-refractivity contribution in [2.45, 2.75) is 6.54 Å². The fourth-order valence-corrected chi connectivity index (χ4v) is 2.66. The Morgan fingerprint density at radius 1 is 0.692 bits per heavy atom. The molecule has 0 heterocycles. The maximum Gasteiger partial charge on any atom is 0.261 e. The van der Waals surface area contributed by atoms with E-state index in [9.17, 15) is 9.59 Å². The third-order valence-electron chi connectivity index (χ3n) is 4.07. The molecule has 3 aromatic carbocycles. The number of hydrogen-bond donors (Lipinski definition) is 0. The molecule has 128 valence electrons. The van der Waals surface area contributed by atoms with Crippen LogP contribution in [0.25, 0.3) is 5.57 Å². The molecule has 26 heavy (non-hydrogen) atoms. The third-order valence-corrected chi connectivity index (χ3v) is 4.07. The standard InChI is InChI=1S/C23H19NO2/c1-18(20-13-7-3-8-14-20)22(25)24(17-19-11-5-2-6-12-19)23(26)21-15-9-4-10-16-21/h2-16H,1,17H2. The summed E-state index contributed by atoms with van der Waals surface area (Å²) < 4.78 is 0. The summed E-state index contributed by atoms with van der Waals surface area (Å²) in [6.07, 6.45) is 0. The Morgan fingerprint density at radius 2 is 1.15 bits per heavy atom. The molecular weight excluding hydrogens is 322 g/mol. The van der Waals surface area contributed by atoms with Gasteiger partial charge in [-0.05, 0) is 23.3 Å². The first-order chi connectivity index (χ1) is 12.7. The molecule has 0 atom stereocenters. The molecule has 3 heteroatoms. The number of hydrogen-bond acceptors (Lipinski definition) is 2. The zero-order valence-corrected chi connectivity index (χ0v) is 14.3. The Balaban J connectivity index is 1.93. The number of carbonyl (C=O) groups excluding carboxylic acids is 2. The first kappa shape index (κ1) is 17.4. The molecule has 0 saturated carbocycles. The molecule has 0 spiro atoms. The topological polar surface area (TPSA) is 37.4 Å². The van der Waals surface area contributed by atoms with Crippen LogP contribution in [0.5, 0.6) is 0 Å². The van der Waals surface area contributed by atoms with Crippen LogP contribution < -0.4 is 0 Å². The first-order valence-electron chi connectivity index (χ1n) is 8.36. The fraction of sp³-hybridized carbons (Fsp3) is 0.0435. The van der Waals surface area contributed by atoms with Crippen LogP contribution in [0, 0.1) is 0 Å². The number of amides is 2. The van der Waals surface area contributed by atoms with Gasteiger partial charge in [0.15, 0.2) is 0 Å². The van der Waals surface area contributed by atoms with Crippen molar-refractivity contribution in [3.63, 3.8) is 0 Å². The van der Waals surface area contributed by atoms with Crippen molar-refractivity contribution in [1.82, 2.24) is 4.90 Å². The largest absolute Gasteiger partial charge is 0.270 e. The van der Waals surface area contributed by atoms with Crippen molar-refractivity contribution in [2.75, 3.05) is 0 Å². The second kappa shape index (κ2) is 8.08. The van der Waals surface area contributed by atoms with Gasteiger partial charge in [0.2, 0.25) is 0 Å². The summed E-state index contributed by atoms with van der Waals surface area (Å²) in [5.74, 6) is -0.731. The Bertz CT molecular complexity index is 903. The fourth-order valence-electron chi connectivity index (χ4n) is 2.66. The molecule has 3 nitrogen and oxygen atoms in total. The minimum atomic E-state index is -0.395. The van der Waals surface area contributed by atoms with Gasteiger partial charge in [-0.15, -0.1) is 0 Å². The van der Waals surface area contributed by atoms with Crippen molar-refractivity contribution < 1.29 is 9.59 Å². The number of nitrogens with zero attached hydrogens (tertiary/aromatic N) is 1. The maximum absolute atomic E-state index is 13.1. The Hall–Kier alpha value is -3.46. The average Bonchev–Trinajstić information content (AvgIpc) is 2.72. The highest BCUT2D eigenvalue weighted by Gasteiger charge is 2.25. The van der Waals surface area contributed by atoms with E-state index in [0.29, 0.717) is 16.7 Å². The Morgan fingerprint density at radius 3 is 1.69 bits per heavy atom. The van der Waals surface area contributed by atoms with Gasteiger partial charge in [0.1, 0.15) is 0 Å². The molecule has 3 aromatic rings. The van der Waals surface area contributed by atoms with Crippen LogP contribution in [0.3, 0.4) is 0 Å². The molecule has 0 N–H and O–H groups in total. The molecule has 0 aromatic heterocycles. The van der Waals surface area contributed by atoms with Crippen LogP contribution in [0.4, 0.5) is 0 Å². The quantitative estimate of drug-likeness (QED) is 0.638. The minimum absolute atomic E-state index is 0.194. The lowest BCUT2D eigenvalue weighted by molar-refractivity contribution is -0.123. The number of carbonyl (C=O) groups is 2. The van der Waals surface area contributed by atoms with E-state index in [1.165, 1.54) is 4.90 Å². The highest BCUT2D eigenvalue weighted by atomic mass is 16.2. The van der Waals surface area contributed by atoms with Crippen molar-refractivity contribution in [3.05, 3.63) is 114 Å². The van der Waals surface area contributed by atoms with E-state index < -0.39 is 5.91 Å². The van der Waals surface area contributed by atoms with Gasteiger partial charge in [-0.3, -0.25) is 14.5 Å². The van der Waals surface area contributed by atoms with Crippen molar-refractivity contribution in [1.29, 1.82) is 0 Å². The van der Waals surface area contributed by atoms with Crippen LogP contribution in [0.1, 0.15) is 21.5 Å². The number of benzene rings is 3. The van der Waals surface area contributed by atoms with Gasteiger partial charge in [0.05, 0.1) is 6.54 Å². The zero-order valence-electron chi connectivity index (χ0n) is 14.3. The van der Waals surface area contributed by atoms with E-state index in [4.69, 9.17) is 0 Å². The lowest BCUT2D eigenvalue weighted by atomic mass is 10.0. The monoisotopic (exact) mass is 341 g/mol. The molecule has 2 amide bonds. The second-order valence-electron chi connectivity index (χ2n) is 5.89. The molecule has 0 aliphatic carbocycles. The zero-order chi connectivity index (χ0) is 18.4. The smallest absolute Gasteiger partial charge is 0.261 e. The van der Waals surface area contributed by atoms with Gasteiger partial charge in [-0.25, -0.2) is 0 Å². The molecule has 0 aliphatic heterocycles. The Kier molecular flexibility index (Phi) is 5.40. The summed E-state index contributed by atoms with van der Waals surface area (Å²) in [6.45, 7) is 4.11. The van der Waals surface area contributed by atoms with Gasteiger partial charge in [-0.2, -0.15) is 0 Å². The average molecular weight is 341 g/mol. The van der Waals surface area contributed by atoms with E-state index in [1.807, 2.05) is 66.7 Å². The highest BCUT2D eigenvalue weighted by Crippen LogP contribution is 2.19. The van der Waals surface area contributed by atoms with Crippen LogP contribution in [-0.4, -0.2) is 16.7 Å². The van der Waals surface area contributed by atoms with Crippen molar-refractivity contribution in [2.24, 2.45) is 0 Å². The van der Waals surface area contributed by atoms with Crippen molar-refractivity contribution >= 4 is 17.4 Å². The van der Waals surface area contributed by atoms with E-state index in [0.717, 1.165) is 5.56 Å². The van der Waals surface area contributed by atoms with E-state index >= 15 is 0 Å². The van der Waals surface area contributed by atoms with Crippen molar-refractivity contribution in [3.8, 4) is 0 Å². The first-order valence-corrected chi connectivity index (χ1v) is 8.36. The summed E-state index contributed by atoms with van der Waals surface area (Å²) >= 11 is 0. The molecule has 0 bridgehead atoms. The second-order valence-corrected chi connectivity index (χ2v) is 5.89. The van der Waals surface area contributed by atoms with Crippen LogP contribution in [0.2, 0.25) is 0 Å². The van der Waals surface area contributed by atoms with Gasteiger partial charge in [0.25, 0.3) is 11.8 Å². The lowest BCUT2D eigenvalue weighted by Gasteiger charge is -2.22. The number of imide groups is 1. The molecule has 0 fully saturated rings. The molecular formula is C23H19NO2. The maximum atomic E-state index is 13.1. The molecule has 0 saturated heterocycles. The van der Waals surface area contributed by atoms with E-state index in [2.05, 4.69) is 6.58 Å². The van der Waals surface area contributed by atoms with Gasteiger partial charge in [-0.1, -0.05) is 85.4 Å². The van der Waals surface area contributed by atoms with Gasteiger partial charge >= 0.3 is 0 Å². The number of rotatable bonds is 5. The summed E-state index contributed by atoms with van der Waals surface area (Å²) in [5, 5.41) is 0. The van der Waals surface area contributed by atoms with Crippen LogP contribution in [0.15, 0.2) is 97.6 Å². The summed E-state index contributed by atoms with van der Waals surface area (Å²) in [6, 6.07) is 27.5. The third kappa shape index (κ3) is 3.95. The molecule has 0 radical (unpaired) electrons. The van der Waals surface area contributed by atoms with Crippen LogP contribution in [-0.2, 0) is 11.3 Å². The van der Waals surface area contributed by atoms with Gasteiger partial charge in [0, 0.05) is 11.1 Å².